The van der Waals surface area contributed by atoms with Crippen LogP contribution in [0.2, 0.25) is 0 Å². The fraction of sp³-hybridized carbons (Fsp3) is 0.562. The van der Waals surface area contributed by atoms with Crippen LogP contribution in [-0.4, -0.2) is 59.7 Å². The van der Waals surface area contributed by atoms with E-state index in [1.807, 2.05) is 7.05 Å². The molecular formula is C16H22BrN3O4. The van der Waals surface area contributed by atoms with Crippen LogP contribution < -0.4 is 5.32 Å². The van der Waals surface area contributed by atoms with Gasteiger partial charge in [-0.2, -0.15) is 0 Å². The van der Waals surface area contributed by atoms with E-state index in [1.54, 1.807) is 11.0 Å². The lowest BCUT2D eigenvalue weighted by atomic mass is 10.1. The Morgan fingerprint density at radius 3 is 2.62 bits per heavy atom. The number of rotatable bonds is 3. The van der Waals surface area contributed by atoms with Crippen molar-refractivity contribution in [3.63, 3.8) is 0 Å². The van der Waals surface area contributed by atoms with E-state index in [2.05, 4.69) is 26.2 Å². The fourth-order valence-corrected chi connectivity index (χ4v) is 2.94. The number of carboxylic acids is 1. The van der Waals surface area contributed by atoms with Crippen LogP contribution in [0.15, 0.2) is 16.7 Å². The maximum Gasteiger partial charge on any atom is 0.337 e. The first kappa shape index (κ1) is 18.7. The van der Waals surface area contributed by atoms with Gasteiger partial charge in [-0.05, 0) is 41.3 Å². The monoisotopic (exact) mass is 399 g/mol. The number of aromatic carboxylic acids is 1. The van der Waals surface area contributed by atoms with Gasteiger partial charge in [-0.1, -0.05) is 0 Å². The first-order chi connectivity index (χ1) is 11.5. The van der Waals surface area contributed by atoms with Crippen LogP contribution in [0.4, 0.5) is 5.82 Å². The van der Waals surface area contributed by atoms with Gasteiger partial charge in [-0.25, -0.2) is 9.78 Å². The topological polar surface area (TPSA) is 91.8 Å². The van der Waals surface area contributed by atoms with Gasteiger partial charge in [0.05, 0.1) is 10.0 Å². The Kier molecular flexibility index (Phi) is 6.99. The van der Waals surface area contributed by atoms with Gasteiger partial charge in [-0.3, -0.25) is 4.79 Å². The van der Waals surface area contributed by atoms with Crippen LogP contribution in [0.3, 0.4) is 0 Å². The van der Waals surface area contributed by atoms with Crippen molar-refractivity contribution in [1.82, 2.24) is 9.88 Å². The number of hydrogen-bond acceptors (Lipinski definition) is 5. The van der Waals surface area contributed by atoms with Gasteiger partial charge in [0.15, 0.2) is 0 Å². The molecule has 0 radical (unpaired) electrons. The maximum absolute atomic E-state index is 10.8. The number of carbonyl (C=O) groups is 2. The number of halogens is 1. The molecule has 2 saturated heterocycles. The lowest BCUT2D eigenvalue weighted by Gasteiger charge is -2.24. The Labute approximate surface area is 149 Å². The molecule has 3 rings (SSSR count). The van der Waals surface area contributed by atoms with Crippen LogP contribution in [0.5, 0.6) is 0 Å². The molecule has 132 valence electrons. The average molecular weight is 400 g/mol. The Bertz CT molecular complexity index is 591. The molecule has 1 amide bonds. The zero-order valence-electron chi connectivity index (χ0n) is 13.6. The van der Waals surface area contributed by atoms with Crippen molar-refractivity contribution in [3.05, 3.63) is 22.3 Å². The first-order valence-corrected chi connectivity index (χ1v) is 8.73. The Hall–Kier alpha value is -1.67. The van der Waals surface area contributed by atoms with E-state index in [4.69, 9.17) is 9.84 Å². The van der Waals surface area contributed by atoms with Crippen LogP contribution >= 0.6 is 15.9 Å². The molecular weight excluding hydrogens is 378 g/mol. The minimum atomic E-state index is -0.976. The second-order valence-corrected chi connectivity index (χ2v) is 6.66. The van der Waals surface area contributed by atoms with Crippen molar-refractivity contribution < 1.29 is 19.4 Å². The molecule has 3 heterocycles. The van der Waals surface area contributed by atoms with E-state index >= 15 is 0 Å². The molecule has 0 atom stereocenters. The second kappa shape index (κ2) is 8.98. The molecule has 2 aliphatic rings. The van der Waals surface area contributed by atoms with Crippen molar-refractivity contribution in [2.45, 2.75) is 31.7 Å². The molecule has 1 aromatic rings. The third kappa shape index (κ3) is 5.45. The molecule has 0 spiro atoms. The summed E-state index contributed by atoms with van der Waals surface area (Å²) in [7, 11) is 1.84. The summed E-state index contributed by atoms with van der Waals surface area (Å²) in [5.41, 5.74) is 0.175. The number of anilines is 1. The minimum absolute atomic E-state index is 0.175. The molecule has 0 aromatic carbocycles. The number of carbonyl (C=O) groups excluding carboxylic acids is 1. The average Bonchev–Trinajstić information content (AvgIpc) is 2.94. The standard InChI is InChI=1S/C11H13BrN2O3.C5H9NO/c12-9-5-7(11(15)16)6-13-10(9)14-8-1-3-17-4-2-8;1-6-4-2-3-5(6)7/h5-6,8H,1-4H2,(H,13,14)(H,15,16);2-4H2,1H3. The Balaban J connectivity index is 0.000000249. The number of nitrogens with one attached hydrogen (secondary N) is 1. The lowest BCUT2D eigenvalue weighted by Crippen LogP contribution is -2.28. The predicted octanol–water partition coefficient (Wildman–Crippen LogP) is 2.37. The quantitative estimate of drug-likeness (QED) is 0.810. The molecule has 1 aromatic heterocycles. The number of nitrogens with zero attached hydrogens (tertiary/aromatic N) is 2. The molecule has 0 bridgehead atoms. The Morgan fingerprint density at radius 2 is 2.17 bits per heavy atom. The van der Waals surface area contributed by atoms with Gasteiger partial charge >= 0.3 is 5.97 Å². The van der Waals surface area contributed by atoms with Gasteiger partial charge in [0.1, 0.15) is 5.82 Å². The molecule has 2 fully saturated rings. The maximum atomic E-state index is 10.8. The number of likely N-dealkylation sites (tertiary alicyclic amines) is 1. The fourth-order valence-electron chi connectivity index (χ4n) is 2.48. The van der Waals surface area contributed by atoms with Crippen LogP contribution in [-0.2, 0) is 9.53 Å². The van der Waals surface area contributed by atoms with Crippen LogP contribution in [0.25, 0.3) is 0 Å². The smallest absolute Gasteiger partial charge is 0.337 e. The molecule has 0 unspecified atom stereocenters. The van der Waals surface area contributed by atoms with Gasteiger partial charge in [0.2, 0.25) is 5.91 Å². The normalized spacial score (nSPS) is 18.1. The van der Waals surface area contributed by atoms with E-state index < -0.39 is 5.97 Å². The summed E-state index contributed by atoms with van der Waals surface area (Å²) in [4.78, 5) is 27.1. The number of ether oxygens (including phenoxy) is 1. The summed E-state index contributed by atoms with van der Waals surface area (Å²) < 4.78 is 5.94. The number of pyridine rings is 1. The zero-order valence-corrected chi connectivity index (χ0v) is 15.2. The van der Waals surface area contributed by atoms with Crippen molar-refractivity contribution in [1.29, 1.82) is 0 Å². The third-order valence-electron chi connectivity index (χ3n) is 3.96. The second-order valence-electron chi connectivity index (χ2n) is 5.81. The van der Waals surface area contributed by atoms with E-state index in [1.165, 1.54) is 6.20 Å². The van der Waals surface area contributed by atoms with Gasteiger partial charge in [-0.15, -0.1) is 0 Å². The molecule has 2 N–H and O–H groups in total. The number of hydrogen-bond donors (Lipinski definition) is 2. The van der Waals surface area contributed by atoms with E-state index in [0.717, 1.165) is 45.4 Å². The summed E-state index contributed by atoms with van der Waals surface area (Å²) in [6, 6.07) is 1.89. The van der Waals surface area contributed by atoms with Crippen LogP contribution in [0.1, 0.15) is 36.0 Å². The predicted molar refractivity (Wildman–Crippen MR) is 93.2 cm³/mol. The number of carboxylic acid groups (broad SMARTS) is 1. The van der Waals surface area contributed by atoms with Crippen molar-refractivity contribution in [3.8, 4) is 0 Å². The highest BCUT2D eigenvalue weighted by Crippen LogP contribution is 2.23. The number of aromatic nitrogens is 1. The van der Waals surface area contributed by atoms with E-state index in [-0.39, 0.29) is 5.56 Å². The summed E-state index contributed by atoms with van der Waals surface area (Å²) in [5, 5.41) is 12.1. The molecule has 24 heavy (non-hydrogen) atoms. The SMILES string of the molecule is CN1CCCC1=O.O=C(O)c1cnc(NC2CCOCC2)c(Br)c1. The molecule has 2 aliphatic heterocycles. The first-order valence-electron chi connectivity index (χ1n) is 7.94. The molecule has 7 nitrogen and oxygen atoms in total. The van der Waals surface area contributed by atoms with E-state index in [9.17, 15) is 9.59 Å². The van der Waals surface area contributed by atoms with Crippen molar-refractivity contribution >= 4 is 33.6 Å². The van der Waals surface area contributed by atoms with Gasteiger partial charge in [0.25, 0.3) is 0 Å². The van der Waals surface area contributed by atoms with E-state index in [0.29, 0.717) is 22.2 Å². The summed E-state index contributed by atoms with van der Waals surface area (Å²) in [5.74, 6) is -0.00211. The summed E-state index contributed by atoms with van der Waals surface area (Å²) >= 11 is 3.32. The molecule has 0 aliphatic carbocycles. The largest absolute Gasteiger partial charge is 0.478 e. The lowest BCUT2D eigenvalue weighted by molar-refractivity contribution is -0.126. The van der Waals surface area contributed by atoms with Crippen LogP contribution in [0, 0.1) is 0 Å². The molecule has 0 saturated carbocycles. The third-order valence-corrected chi connectivity index (χ3v) is 4.56. The van der Waals surface area contributed by atoms with Gasteiger partial charge in [0, 0.05) is 45.5 Å². The Morgan fingerprint density at radius 1 is 1.46 bits per heavy atom. The van der Waals surface area contributed by atoms with Crippen molar-refractivity contribution in [2.24, 2.45) is 0 Å². The molecule has 8 heteroatoms. The number of amides is 1. The van der Waals surface area contributed by atoms with Crippen molar-refractivity contribution in [2.75, 3.05) is 32.1 Å². The zero-order chi connectivity index (χ0) is 17.5. The highest BCUT2D eigenvalue weighted by atomic mass is 79.9. The summed E-state index contributed by atoms with van der Waals surface area (Å²) in [6.45, 7) is 2.46. The highest BCUT2D eigenvalue weighted by molar-refractivity contribution is 9.10. The minimum Gasteiger partial charge on any atom is -0.478 e. The van der Waals surface area contributed by atoms with Gasteiger partial charge < -0.3 is 20.1 Å². The highest BCUT2D eigenvalue weighted by Gasteiger charge is 2.16. The summed E-state index contributed by atoms with van der Waals surface area (Å²) in [6.07, 6.45) is 5.05.